The van der Waals surface area contributed by atoms with E-state index in [1.165, 1.54) is 28.0 Å². The Morgan fingerprint density at radius 2 is 1.10 bits per heavy atom. The third-order valence-electron chi connectivity index (χ3n) is 7.56. The fourth-order valence-electron chi connectivity index (χ4n) is 5.31. The van der Waals surface area contributed by atoms with Crippen molar-refractivity contribution in [2.75, 3.05) is 26.3 Å². The van der Waals surface area contributed by atoms with Crippen molar-refractivity contribution in [2.45, 2.75) is 90.5 Å². The quantitative estimate of drug-likeness (QED) is 0.172. The van der Waals surface area contributed by atoms with Crippen LogP contribution in [0.2, 0.25) is 0 Å². The summed E-state index contributed by atoms with van der Waals surface area (Å²) >= 11 is 0. The lowest BCUT2D eigenvalue weighted by Crippen LogP contribution is -2.44. The maximum absolute atomic E-state index is 12.9. The minimum atomic E-state index is -0.818. The molecular formula is C36H44N2O11. The van der Waals surface area contributed by atoms with Gasteiger partial charge in [-0.1, -0.05) is 12.1 Å². The van der Waals surface area contributed by atoms with Crippen LogP contribution in [0.5, 0.6) is 11.5 Å². The van der Waals surface area contributed by atoms with E-state index in [4.69, 9.17) is 23.7 Å². The molecule has 0 saturated carbocycles. The third-order valence-corrected chi connectivity index (χ3v) is 7.56. The summed E-state index contributed by atoms with van der Waals surface area (Å²) in [6.07, 6.45) is 0.878. The maximum atomic E-state index is 12.9. The number of nitrogens with zero attached hydrogens (tertiary/aromatic N) is 2. The Kier molecular flexibility index (Phi) is 11.7. The Bertz CT molecular complexity index is 1560. The number of hydrogen-bond acceptors (Lipinski definition) is 11. The number of hydrogen-bond donors (Lipinski definition) is 0. The average Bonchev–Trinajstić information content (AvgIpc) is 3.72. The van der Waals surface area contributed by atoms with Gasteiger partial charge in [-0.15, -0.1) is 0 Å². The molecule has 2 aromatic rings. The summed E-state index contributed by atoms with van der Waals surface area (Å²) in [5.74, 6) is -1.51. The van der Waals surface area contributed by atoms with E-state index in [2.05, 4.69) is 0 Å². The van der Waals surface area contributed by atoms with Gasteiger partial charge in [-0.2, -0.15) is 0 Å². The first-order valence-electron chi connectivity index (χ1n) is 16.3. The molecule has 49 heavy (non-hydrogen) atoms. The van der Waals surface area contributed by atoms with Crippen LogP contribution in [0.4, 0.5) is 9.59 Å². The van der Waals surface area contributed by atoms with E-state index in [1.807, 2.05) is 0 Å². The maximum Gasteiger partial charge on any atom is 0.411 e. The van der Waals surface area contributed by atoms with Gasteiger partial charge in [-0.25, -0.2) is 19.2 Å². The average molecular weight is 681 g/mol. The van der Waals surface area contributed by atoms with Gasteiger partial charge in [-0.05, 0) is 104 Å². The molecule has 0 aliphatic carbocycles. The minimum absolute atomic E-state index is 0.252. The predicted molar refractivity (Wildman–Crippen MR) is 175 cm³/mol. The second kappa shape index (κ2) is 15.5. The predicted octanol–water partition coefficient (Wildman–Crippen LogP) is 5.73. The first-order valence-corrected chi connectivity index (χ1v) is 16.3. The van der Waals surface area contributed by atoms with Crippen molar-refractivity contribution in [3.05, 3.63) is 59.7 Å². The monoisotopic (exact) mass is 680 g/mol. The van der Waals surface area contributed by atoms with Crippen LogP contribution in [-0.4, -0.2) is 95.1 Å². The zero-order chi connectivity index (χ0) is 35.9. The van der Waals surface area contributed by atoms with Crippen LogP contribution >= 0.6 is 0 Å². The van der Waals surface area contributed by atoms with Gasteiger partial charge >= 0.3 is 24.1 Å². The summed E-state index contributed by atoms with van der Waals surface area (Å²) in [5, 5.41) is 0. The fourth-order valence-corrected chi connectivity index (χ4v) is 5.31. The molecule has 2 aliphatic heterocycles. The van der Waals surface area contributed by atoms with E-state index < -0.39 is 72.2 Å². The fraction of sp³-hybridized carbons (Fsp3) is 0.500. The smallest absolute Gasteiger partial charge is 0.411 e. The summed E-state index contributed by atoms with van der Waals surface area (Å²) in [7, 11) is 0. The Balaban J connectivity index is 1.26. The van der Waals surface area contributed by atoms with Crippen molar-refractivity contribution in [1.29, 1.82) is 0 Å². The molecule has 0 aromatic heterocycles. The number of likely N-dealkylation sites (tertiary alicyclic amines) is 2. The zero-order valence-electron chi connectivity index (χ0n) is 28.8. The summed E-state index contributed by atoms with van der Waals surface area (Å²) in [4.78, 5) is 78.7. The van der Waals surface area contributed by atoms with E-state index in [1.54, 1.807) is 71.9 Å². The van der Waals surface area contributed by atoms with Crippen LogP contribution in [0.3, 0.4) is 0 Å². The molecule has 0 bridgehead atoms. The molecule has 2 heterocycles. The number of ether oxygens (including phenoxy) is 5. The number of amides is 2. The first kappa shape index (κ1) is 36.9. The molecule has 13 heteroatoms. The van der Waals surface area contributed by atoms with Crippen molar-refractivity contribution in [2.24, 2.45) is 0 Å². The topological polar surface area (TPSA) is 155 Å². The number of rotatable bonds is 10. The van der Waals surface area contributed by atoms with Crippen molar-refractivity contribution >= 4 is 35.7 Å². The van der Waals surface area contributed by atoms with Crippen LogP contribution in [0.15, 0.2) is 48.5 Å². The van der Waals surface area contributed by atoms with Crippen LogP contribution in [-0.2, 0) is 28.5 Å². The van der Waals surface area contributed by atoms with Crippen molar-refractivity contribution in [3.63, 3.8) is 0 Å². The number of carbonyl (C=O) groups excluding carboxylic acids is 6. The Labute approximate surface area is 285 Å². The van der Waals surface area contributed by atoms with E-state index in [-0.39, 0.29) is 11.1 Å². The molecule has 0 N–H and O–H groups in total. The molecule has 2 fully saturated rings. The largest absolute Gasteiger partial charge is 0.457 e. The molecule has 0 radical (unpaired) electrons. The van der Waals surface area contributed by atoms with Crippen molar-refractivity contribution < 1.29 is 52.5 Å². The molecule has 13 nitrogen and oxygen atoms in total. The second-order valence-corrected chi connectivity index (χ2v) is 13.9. The number of esters is 2. The van der Waals surface area contributed by atoms with Gasteiger partial charge in [-0.3, -0.25) is 19.4 Å². The highest BCUT2D eigenvalue weighted by Crippen LogP contribution is 2.25. The van der Waals surface area contributed by atoms with Gasteiger partial charge in [0.2, 0.25) is 0 Å². The number of carbonyl (C=O) groups is 6. The molecule has 2 aromatic carbocycles. The Morgan fingerprint density at radius 3 is 1.57 bits per heavy atom. The van der Waals surface area contributed by atoms with E-state index in [0.29, 0.717) is 50.3 Å². The van der Waals surface area contributed by atoms with Crippen LogP contribution in [0.25, 0.3) is 0 Å². The summed E-state index contributed by atoms with van der Waals surface area (Å²) < 4.78 is 27.2. The molecule has 0 spiro atoms. The van der Waals surface area contributed by atoms with Gasteiger partial charge in [0.15, 0.2) is 24.8 Å². The van der Waals surface area contributed by atoms with Gasteiger partial charge in [0, 0.05) is 24.2 Å². The van der Waals surface area contributed by atoms with Crippen molar-refractivity contribution in [1.82, 2.24) is 9.80 Å². The van der Waals surface area contributed by atoms with E-state index >= 15 is 0 Å². The summed E-state index contributed by atoms with van der Waals surface area (Å²) in [6.45, 7) is 10.2. The van der Waals surface area contributed by atoms with E-state index in [9.17, 15) is 28.8 Å². The highest BCUT2D eigenvalue weighted by Gasteiger charge is 2.39. The lowest BCUT2D eigenvalue weighted by Gasteiger charge is -2.27. The SMILES string of the molecule is CC(C)(C)OC(=O)N1CCC[C@H]1C(=O)OCC(=O)c1ccc(Oc2cccc(C(=O)COC(=O)[C@@H]3CCCN3C(=O)OC(C)(C)C)c2)cc1. The molecule has 0 unspecified atom stereocenters. The van der Waals surface area contributed by atoms with E-state index in [0.717, 1.165) is 0 Å². The normalized spacial score (nSPS) is 17.7. The summed E-state index contributed by atoms with van der Waals surface area (Å²) in [6, 6.07) is 10.9. The lowest BCUT2D eigenvalue weighted by molar-refractivity contribution is -0.148. The molecule has 264 valence electrons. The first-order chi connectivity index (χ1) is 23.0. The third kappa shape index (κ3) is 10.5. The number of Topliss-reactive ketones (excluding diaryl/α,β-unsaturated/α-hetero) is 2. The number of benzene rings is 2. The second-order valence-electron chi connectivity index (χ2n) is 13.9. The molecule has 2 atom stereocenters. The Morgan fingerprint density at radius 1 is 0.633 bits per heavy atom. The van der Waals surface area contributed by atoms with Crippen LogP contribution in [0, 0.1) is 0 Å². The van der Waals surface area contributed by atoms with Gasteiger partial charge < -0.3 is 23.7 Å². The lowest BCUT2D eigenvalue weighted by atomic mass is 10.1. The summed E-state index contributed by atoms with van der Waals surface area (Å²) in [5.41, 5.74) is -0.880. The molecule has 4 rings (SSSR count). The van der Waals surface area contributed by atoms with Crippen LogP contribution < -0.4 is 4.74 Å². The minimum Gasteiger partial charge on any atom is -0.457 e. The van der Waals surface area contributed by atoms with Crippen molar-refractivity contribution in [3.8, 4) is 11.5 Å². The molecule has 2 aliphatic rings. The molecular weight excluding hydrogens is 636 g/mol. The molecule has 2 amide bonds. The highest BCUT2D eigenvalue weighted by molar-refractivity contribution is 5.99. The van der Waals surface area contributed by atoms with Gasteiger partial charge in [0.1, 0.15) is 34.8 Å². The molecule has 2 saturated heterocycles. The zero-order valence-corrected chi connectivity index (χ0v) is 28.8. The standard InChI is InChI=1S/C36H44N2O11/c1-35(2,3)48-33(43)37-18-8-12-27(37)31(41)45-21-29(39)23-14-16-25(17-15-23)47-26-11-7-10-24(20-26)30(40)22-46-32(42)28-13-9-19-38(28)34(44)49-36(4,5)6/h7,10-11,14-17,20,27-28H,8-9,12-13,18-19,21-22H2,1-6H3/t27-,28-/m0/s1. The van der Waals surface area contributed by atoms with Gasteiger partial charge in [0.05, 0.1) is 0 Å². The number of ketones is 2. The van der Waals surface area contributed by atoms with Gasteiger partial charge in [0.25, 0.3) is 0 Å². The Hall–Kier alpha value is -4.94. The van der Waals surface area contributed by atoms with Crippen LogP contribution in [0.1, 0.15) is 87.9 Å². The highest BCUT2D eigenvalue weighted by atomic mass is 16.6.